The van der Waals surface area contributed by atoms with Gasteiger partial charge in [-0.25, -0.2) is 4.79 Å². The first-order valence-electron chi connectivity index (χ1n) is 8.23. The molecular weight excluding hydrogens is 354 g/mol. The Morgan fingerprint density at radius 3 is 2.46 bits per heavy atom. The summed E-state index contributed by atoms with van der Waals surface area (Å²) in [6, 6.07) is 9.18. The maximum atomic E-state index is 12.2. The Kier molecular flexibility index (Phi) is 6.91. The summed E-state index contributed by atoms with van der Waals surface area (Å²) >= 11 is 1.08. The smallest absolute Gasteiger partial charge is 0.341 e. The van der Waals surface area contributed by atoms with E-state index in [1.807, 2.05) is 18.2 Å². The summed E-state index contributed by atoms with van der Waals surface area (Å²) in [5.41, 5.74) is 0.760. The lowest BCUT2D eigenvalue weighted by atomic mass is 10.1. The molecule has 0 radical (unpaired) electrons. The first-order chi connectivity index (χ1) is 12.4. The van der Waals surface area contributed by atoms with Crippen LogP contribution in [0, 0.1) is 6.92 Å². The number of benzene rings is 1. The predicted molar refractivity (Wildman–Crippen MR) is 100 cm³/mol. The van der Waals surface area contributed by atoms with Crippen molar-refractivity contribution in [2.24, 2.45) is 0 Å². The minimum absolute atomic E-state index is 0.115. The van der Waals surface area contributed by atoms with Gasteiger partial charge in [0.2, 0.25) is 5.91 Å². The largest absolute Gasteiger partial charge is 0.493 e. The van der Waals surface area contributed by atoms with E-state index in [2.05, 4.69) is 5.32 Å². The molecule has 0 spiro atoms. The first-order valence-corrected chi connectivity index (χ1v) is 9.04. The molecule has 2 aromatic rings. The maximum Gasteiger partial charge on any atom is 0.341 e. The Morgan fingerprint density at radius 1 is 1.15 bits per heavy atom. The third-order valence-corrected chi connectivity index (χ3v) is 4.85. The van der Waals surface area contributed by atoms with Gasteiger partial charge in [0.1, 0.15) is 10.8 Å². The first kappa shape index (κ1) is 19.7. The highest BCUT2D eigenvalue weighted by atomic mass is 32.1. The second-order valence-electron chi connectivity index (χ2n) is 5.50. The van der Waals surface area contributed by atoms with Crippen molar-refractivity contribution in [1.82, 2.24) is 0 Å². The summed E-state index contributed by atoms with van der Waals surface area (Å²) in [7, 11) is 0. The van der Waals surface area contributed by atoms with E-state index >= 15 is 0 Å². The van der Waals surface area contributed by atoms with Crippen LogP contribution < -0.4 is 10.1 Å². The summed E-state index contributed by atoms with van der Waals surface area (Å²) in [5, 5.41) is 3.03. The molecule has 0 bridgehead atoms. The molecule has 138 valence electrons. The van der Waals surface area contributed by atoms with Gasteiger partial charge in [-0.3, -0.25) is 9.59 Å². The van der Waals surface area contributed by atoms with Crippen LogP contribution in [0.4, 0.5) is 5.00 Å². The van der Waals surface area contributed by atoms with Gasteiger partial charge in [0.15, 0.2) is 5.78 Å². The summed E-state index contributed by atoms with van der Waals surface area (Å²) in [4.78, 5) is 36.6. The zero-order valence-corrected chi connectivity index (χ0v) is 15.8. The number of carbonyl (C=O) groups is 3. The number of hydrogen-bond donors (Lipinski definition) is 1. The Bertz CT molecular complexity index is 798. The molecule has 6 nitrogen and oxygen atoms in total. The van der Waals surface area contributed by atoms with Gasteiger partial charge in [0.05, 0.1) is 30.1 Å². The normalized spacial score (nSPS) is 10.3. The SMILES string of the molecule is CCOC(=O)c1c(NC(=O)CCOc2ccccc2)sc(C(C)=O)c1C. The van der Waals surface area contributed by atoms with Crippen LogP contribution in [0.15, 0.2) is 30.3 Å². The van der Waals surface area contributed by atoms with Gasteiger partial charge < -0.3 is 14.8 Å². The minimum atomic E-state index is -0.551. The van der Waals surface area contributed by atoms with Crippen molar-refractivity contribution in [3.8, 4) is 5.75 Å². The number of nitrogens with one attached hydrogen (secondary N) is 1. The number of hydrogen-bond acceptors (Lipinski definition) is 6. The third-order valence-electron chi connectivity index (χ3n) is 3.54. The Labute approximate surface area is 156 Å². The zero-order chi connectivity index (χ0) is 19.1. The van der Waals surface area contributed by atoms with Crippen LogP contribution in [0.2, 0.25) is 0 Å². The number of para-hydroxylation sites is 1. The molecule has 1 amide bonds. The third kappa shape index (κ3) is 4.92. The van der Waals surface area contributed by atoms with Crippen LogP contribution in [0.1, 0.15) is 45.9 Å². The van der Waals surface area contributed by atoms with Crippen molar-refractivity contribution in [1.29, 1.82) is 0 Å². The van der Waals surface area contributed by atoms with Gasteiger partial charge in [-0.15, -0.1) is 11.3 Å². The highest BCUT2D eigenvalue weighted by molar-refractivity contribution is 7.18. The van der Waals surface area contributed by atoms with Gasteiger partial charge in [0, 0.05) is 0 Å². The zero-order valence-electron chi connectivity index (χ0n) is 15.0. The molecule has 0 fully saturated rings. The average Bonchev–Trinajstić information content (AvgIpc) is 2.92. The second kappa shape index (κ2) is 9.15. The van der Waals surface area contributed by atoms with E-state index in [-0.39, 0.29) is 36.9 Å². The number of Topliss-reactive ketones (excluding diaryl/α,β-unsaturated/α-hetero) is 1. The molecule has 7 heteroatoms. The van der Waals surface area contributed by atoms with Crippen molar-refractivity contribution < 1.29 is 23.9 Å². The number of thiophene rings is 1. The van der Waals surface area contributed by atoms with E-state index in [9.17, 15) is 14.4 Å². The molecule has 0 saturated heterocycles. The summed E-state index contributed by atoms with van der Waals surface area (Å²) in [6.45, 7) is 5.21. The molecule has 0 saturated carbocycles. The van der Waals surface area contributed by atoms with Gasteiger partial charge >= 0.3 is 5.97 Å². The van der Waals surface area contributed by atoms with Crippen LogP contribution >= 0.6 is 11.3 Å². The lowest BCUT2D eigenvalue weighted by Crippen LogP contribution is -2.17. The van der Waals surface area contributed by atoms with E-state index in [1.54, 1.807) is 26.0 Å². The monoisotopic (exact) mass is 375 g/mol. The fraction of sp³-hybridized carbons (Fsp3) is 0.316. The van der Waals surface area contributed by atoms with Crippen LogP contribution in [0.25, 0.3) is 0 Å². The van der Waals surface area contributed by atoms with Gasteiger partial charge in [-0.1, -0.05) is 18.2 Å². The molecule has 0 aliphatic heterocycles. The van der Waals surface area contributed by atoms with Crippen molar-refractivity contribution in [3.63, 3.8) is 0 Å². The van der Waals surface area contributed by atoms with E-state index in [4.69, 9.17) is 9.47 Å². The van der Waals surface area contributed by atoms with Crippen molar-refractivity contribution >= 4 is 34.0 Å². The maximum absolute atomic E-state index is 12.2. The topological polar surface area (TPSA) is 81.7 Å². The van der Waals surface area contributed by atoms with Gasteiger partial charge in [-0.2, -0.15) is 0 Å². The number of anilines is 1. The molecule has 1 N–H and O–H groups in total. The minimum Gasteiger partial charge on any atom is -0.493 e. The molecule has 26 heavy (non-hydrogen) atoms. The van der Waals surface area contributed by atoms with Gasteiger partial charge in [0.25, 0.3) is 0 Å². The molecule has 0 aliphatic rings. The van der Waals surface area contributed by atoms with E-state index in [1.165, 1.54) is 6.92 Å². The quantitative estimate of drug-likeness (QED) is 0.560. The predicted octanol–water partition coefficient (Wildman–Crippen LogP) is 3.84. The molecule has 1 aromatic carbocycles. The second-order valence-corrected chi connectivity index (χ2v) is 6.52. The number of esters is 1. The summed E-state index contributed by atoms with van der Waals surface area (Å²) in [5.74, 6) is -0.336. The van der Waals surface area contributed by atoms with Crippen LogP contribution in [0.3, 0.4) is 0 Å². The molecule has 0 aliphatic carbocycles. The van der Waals surface area contributed by atoms with Gasteiger partial charge in [-0.05, 0) is 38.5 Å². The van der Waals surface area contributed by atoms with E-state index < -0.39 is 5.97 Å². The fourth-order valence-corrected chi connectivity index (χ4v) is 3.46. The lowest BCUT2D eigenvalue weighted by Gasteiger charge is -2.08. The van der Waals surface area contributed by atoms with Crippen molar-refractivity contribution in [2.45, 2.75) is 27.2 Å². The number of amides is 1. The summed E-state index contributed by atoms with van der Waals surface area (Å²) in [6.07, 6.45) is 0.115. The molecule has 1 aromatic heterocycles. The highest BCUT2D eigenvalue weighted by Gasteiger charge is 2.25. The number of carbonyl (C=O) groups excluding carboxylic acids is 3. The van der Waals surface area contributed by atoms with E-state index in [0.717, 1.165) is 11.3 Å². The molecule has 0 atom stereocenters. The standard InChI is InChI=1S/C19H21NO5S/c1-4-24-19(23)16-12(2)17(13(3)21)26-18(16)20-15(22)10-11-25-14-8-6-5-7-9-14/h5-9H,4,10-11H2,1-3H3,(H,20,22). The van der Waals surface area contributed by atoms with E-state index in [0.29, 0.717) is 21.2 Å². The lowest BCUT2D eigenvalue weighted by molar-refractivity contribution is -0.116. The highest BCUT2D eigenvalue weighted by Crippen LogP contribution is 2.34. The van der Waals surface area contributed by atoms with Crippen LogP contribution in [0.5, 0.6) is 5.75 Å². The number of ether oxygens (including phenoxy) is 2. The van der Waals surface area contributed by atoms with Crippen molar-refractivity contribution in [2.75, 3.05) is 18.5 Å². The molecule has 0 unspecified atom stereocenters. The molecular formula is C19H21NO5S. The van der Waals surface area contributed by atoms with Crippen LogP contribution in [-0.4, -0.2) is 30.9 Å². The Hall–Kier alpha value is -2.67. The average molecular weight is 375 g/mol. The number of rotatable bonds is 8. The molecule has 1 heterocycles. The van der Waals surface area contributed by atoms with Crippen molar-refractivity contribution in [3.05, 3.63) is 46.3 Å². The summed E-state index contributed by atoms with van der Waals surface area (Å²) < 4.78 is 10.5. The fourth-order valence-electron chi connectivity index (χ4n) is 2.35. The Morgan fingerprint density at radius 2 is 1.85 bits per heavy atom. The molecule has 2 rings (SSSR count). The Balaban J connectivity index is 2.07. The van der Waals surface area contributed by atoms with Crippen LogP contribution in [-0.2, 0) is 9.53 Å². The number of ketones is 1.